The molecule has 0 heterocycles. The molecule has 0 aliphatic rings. The Labute approximate surface area is 120 Å². The highest BCUT2D eigenvalue weighted by molar-refractivity contribution is 8.55. The smallest absolute Gasteiger partial charge is 0.301 e. The first-order chi connectivity index (χ1) is 9.20. The van der Waals surface area contributed by atoms with E-state index in [0.717, 1.165) is 30.6 Å². The third kappa shape index (κ3) is 7.17. The van der Waals surface area contributed by atoms with Crippen molar-refractivity contribution in [3.8, 4) is 0 Å². The molecule has 1 aromatic carbocycles. The molecule has 0 fully saturated rings. The van der Waals surface area contributed by atoms with E-state index in [1.165, 1.54) is 11.4 Å². The van der Waals surface area contributed by atoms with Gasteiger partial charge in [0.1, 0.15) is 0 Å². The molecule has 0 atom stereocenters. The van der Waals surface area contributed by atoms with Crippen molar-refractivity contribution in [3.63, 3.8) is 0 Å². The summed E-state index contributed by atoms with van der Waals surface area (Å²) in [7, 11) is 0. The maximum atomic E-state index is 12.7. The lowest BCUT2D eigenvalue weighted by Crippen LogP contribution is -1.97. The Morgan fingerprint density at radius 3 is 2.00 bits per heavy atom. The van der Waals surface area contributed by atoms with Crippen molar-refractivity contribution in [2.75, 3.05) is 13.2 Å². The quantitative estimate of drug-likeness (QED) is 0.421. The summed E-state index contributed by atoms with van der Waals surface area (Å²) in [5, 5.41) is 0. The van der Waals surface area contributed by atoms with E-state index < -0.39 is 6.80 Å². The summed E-state index contributed by atoms with van der Waals surface area (Å²) in [6.07, 6.45) is 3.84. The van der Waals surface area contributed by atoms with Crippen molar-refractivity contribution in [3.05, 3.63) is 30.3 Å². The van der Waals surface area contributed by atoms with Crippen LogP contribution >= 0.6 is 18.2 Å². The molecule has 0 saturated carbocycles. The van der Waals surface area contributed by atoms with Crippen molar-refractivity contribution in [2.24, 2.45) is 0 Å². The second-order valence-corrected chi connectivity index (χ2v) is 8.18. The average molecular weight is 302 g/mol. The summed E-state index contributed by atoms with van der Waals surface area (Å²) in [5.74, 6) is 0. The number of unbranched alkanes of at least 4 members (excludes halogenated alkanes) is 2. The minimum absolute atomic E-state index is 0.486. The zero-order valence-electron chi connectivity index (χ0n) is 11.7. The van der Waals surface area contributed by atoms with E-state index >= 15 is 0 Å². The Bertz CT molecular complexity index is 370. The molecule has 1 aromatic rings. The Balaban J connectivity index is 2.59. The highest BCUT2D eigenvalue weighted by Crippen LogP contribution is 2.63. The van der Waals surface area contributed by atoms with Crippen molar-refractivity contribution < 1.29 is 13.6 Å². The van der Waals surface area contributed by atoms with E-state index in [1.807, 2.05) is 30.3 Å². The molecule has 0 aromatic heterocycles. The van der Waals surface area contributed by atoms with Gasteiger partial charge >= 0.3 is 6.80 Å². The summed E-state index contributed by atoms with van der Waals surface area (Å²) in [6.45, 7) is 2.05. The van der Waals surface area contributed by atoms with Gasteiger partial charge in [-0.05, 0) is 36.4 Å². The van der Waals surface area contributed by atoms with Crippen LogP contribution in [0, 0.1) is 0 Å². The van der Waals surface area contributed by atoms with Gasteiger partial charge in [-0.25, -0.2) is 4.57 Å². The molecule has 0 unspecified atom stereocenters. The first-order valence-electron chi connectivity index (χ1n) is 6.84. The zero-order chi connectivity index (χ0) is 14.0. The molecule has 0 spiro atoms. The molecule has 0 amide bonds. The molecule has 0 aliphatic heterocycles. The number of hydrogen-bond donors (Lipinski definition) is 0. The summed E-state index contributed by atoms with van der Waals surface area (Å²) in [5.41, 5.74) is 0. The topological polar surface area (TPSA) is 35.5 Å². The van der Waals surface area contributed by atoms with Gasteiger partial charge < -0.3 is 9.05 Å². The zero-order valence-corrected chi connectivity index (χ0v) is 13.4. The highest BCUT2D eigenvalue weighted by atomic mass is 32.7. The fourth-order valence-corrected chi connectivity index (χ4v) is 4.67. The molecule has 0 bridgehead atoms. The van der Waals surface area contributed by atoms with Crippen LogP contribution in [0.15, 0.2) is 35.2 Å². The predicted octanol–water partition coefficient (Wildman–Crippen LogP) is 5.52. The van der Waals surface area contributed by atoms with Crippen molar-refractivity contribution in [1.29, 1.82) is 0 Å². The van der Waals surface area contributed by atoms with Crippen LogP contribution in [-0.2, 0) is 13.6 Å². The van der Waals surface area contributed by atoms with E-state index in [9.17, 15) is 4.57 Å². The van der Waals surface area contributed by atoms with Gasteiger partial charge in [0.05, 0.1) is 13.2 Å². The summed E-state index contributed by atoms with van der Waals surface area (Å²) < 4.78 is 23.7. The predicted molar refractivity (Wildman–Crippen MR) is 81.6 cm³/mol. The minimum Gasteiger partial charge on any atom is -0.301 e. The van der Waals surface area contributed by atoms with Crippen LogP contribution < -0.4 is 0 Å². The van der Waals surface area contributed by atoms with Crippen LogP contribution in [0.4, 0.5) is 0 Å². The van der Waals surface area contributed by atoms with E-state index in [1.54, 1.807) is 0 Å². The molecular weight excluding hydrogens is 279 g/mol. The lowest BCUT2D eigenvalue weighted by molar-refractivity contribution is 0.215. The molecule has 108 valence electrons. The van der Waals surface area contributed by atoms with Crippen LogP contribution in [0.25, 0.3) is 0 Å². The molecule has 1 rings (SSSR count). The normalized spacial score (nSPS) is 11.7. The highest BCUT2D eigenvalue weighted by Gasteiger charge is 2.26. The van der Waals surface area contributed by atoms with Gasteiger partial charge in [0.15, 0.2) is 0 Å². The van der Waals surface area contributed by atoms with E-state index in [2.05, 4.69) is 13.8 Å². The Hall–Kier alpha value is -0.280. The summed E-state index contributed by atoms with van der Waals surface area (Å²) in [6, 6.07) is 9.62. The maximum Gasteiger partial charge on any atom is 0.393 e. The van der Waals surface area contributed by atoms with Crippen LogP contribution in [0.5, 0.6) is 0 Å². The number of rotatable bonds is 10. The Morgan fingerprint density at radius 1 is 1.00 bits per heavy atom. The Morgan fingerprint density at radius 2 is 1.53 bits per heavy atom. The molecule has 19 heavy (non-hydrogen) atoms. The molecule has 0 N–H and O–H groups in total. The SMILES string of the molecule is CCCCOP(=O)(OCCCC)Sc1ccccc1. The molecular formula is C14H23O3PS. The minimum atomic E-state index is -3.08. The first-order valence-corrected chi connectivity index (χ1v) is 9.80. The van der Waals surface area contributed by atoms with Gasteiger partial charge in [-0.2, -0.15) is 0 Å². The van der Waals surface area contributed by atoms with Gasteiger partial charge in [-0.3, -0.25) is 0 Å². The summed E-state index contributed by atoms with van der Waals surface area (Å²) in [4.78, 5) is 0.916. The average Bonchev–Trinajstić information content (AvgIpc) is 2.40. The van der Waals surface area contributed by atoms with Crippen molar-refractivity contribution >= 4 is 18.2 Å². The summed E-state index contributed by atoms with van der Waals surface area (Å²) >= 11 is 1.20. The molecule has 3 nitrogen and oxygen atoms in total. The Kier molecular flexibility index (Phi) is 8.47. The van der Waals surface area contributed by atoms with E-state index in [-0.39, 0.29) is 0 Å². The lowest BCUT2D eigenvalue weighted by atomic mass is 10.4. The monoisotopic (exact) mass is 302 g/mol. The third-order valence-corrected chi connectivity index (χ3v) is 6.09. The lowest BCUT2D eigenvalue weighted by Gasteiger charge is -2.17. The van der Waals surface area contributed by atoms with Crippen LogP contribution in [0.2, 0.25) is 0 Å². The van der Waals surface area contributed by atoms with Crippen LogP contribution in [0.1, 0.15) is 39.5 Å². The van der Waals surface area contributed by atoms with Crippen molar-refractivity contribution in [2.45, 2.75) is 44.4 Å². The molecule has 5 heteroatoms. The fourth-order valence-electron chi connectivity index (χ4n) is 1.34. The van der Waals surface area contributed by atoms with Gasteiger partial charge in [0.25, 0.3) is 0 Å². The first kappa shape index (κ1) is 16.8. The van der Waals surface area contributed by atoms with Gasteiger partial charge in [-0.1, -0.05) is 44.9 Å². The third-order valence-electron chi connectivity index (χ3n) is 2.46. The van der Waals surface area contributed by atoms with E-state index in [4.69, 9.17) is 9.05 Å². The second kappa shape index (κ2) is 9.60. The van der Waals surface area contributed by atoms with Gasteiger partial charge in [0, 0.05) is 4.90 Å². The van der Waals surface area contributed by atoms with Gasteiger partial charge in [0.2, 0.25) is 0 Å². The van der Waals surface area contributed by atoms with Gasteiger partial charge in [-0.15, -0.1) is 0 Å². The standard InChI is InChI=1S/C14H23O3PS/c1-3-5-12-16-18(15,17-13-6-4-2)19-14-10-8-7-9-11-14/h7-11H,3-6,12-13H2,1-2H3. The van der Waals surface area contributed by atoms with E-state index in [0.29, 0.717) is 13.2 Å². The number of hydrogen-bond acceptors (Lipinski definition) is 4. The fraction of sp³-hybridized carbons (Fsp3) is 0.571. The van der Waals surface area contributed by atoms with Crippen LogP contribution in [-0.4, -0.2) is 13.2 Å². The largest absolute Gasteiger partial charge is 0.393 e. The molecule has 0 radical (unpaired) electrons. The molecule has 0 aliphatic carbocycles. The molecule has 0 saturated heterocycles. The second-order valence-electron chi connectivity index (χ2n) is 4.23. The maximum absolute atomic E-state index is 12.7. The number of benzene rings is 1. The van der Waals surface area contributed by atoms with Crippen LogP contribution in [0.3, 0.4) is 0 Å². The van der Waals surface area contributed by atoms with Crippen molar-refractivity contribution in [1.82, 2.24) is 0 Å².